The van der Waals surface area contributed by atoms with Crippen LogP contribution in [-0.4, -0.2) is 15.9 Å². The number of ketones is 1. The molecule has 0 fully saturated rings. The van der Waals surface area contributed by atoms with Gasteiger partial charge in [-0.15, -0.1) is 12.1 Å². The number of aromatic nitrogens is 1. The molecule has 2 aromatic heterocycles. The van der Waals surface area contributed by atoms with Crippen molar-refractivity contribution >= 4 is 38.3 Å². The van der Waals surface area contributed by atoms with E-state index in [4.69, 9.17) is 14.5 Å². The van der Waals surface area contributed by atoms with Gasteiger partial charge in [-0.2, -0.15) is 0 Å². The van der Waals surface area contributed by atoms with Crippen molar-refractivity contribution in [3.8, 4) is 11.3 Å². The third-order valence-corrected chi connectivity index (χ3v) is 5.86. The maximum Gasteiger partial charge on any atom is 0.155 e. The van der Waals surface area contributed by atoms with Crippen molar-refractivity contribution in [3.63, 3.8) is 0 Å². The van der Waals surface area contributed by atoms with Crippen molar-refractivity contribution in [3.05, 3.63) is 89.8 Å². The topological polar surface area (TPSA) is 63.3 Å². The summed E-state index contributed by atoms with van der Waals surface area (Å²) in [6, 6.07) is 18.6. The van der Waals surface area contributed by atoms with E-state index in [1.165, 1.54) is 26.0 Å². The van der Waals surface area contributed by atoms with Gasteiger partial charge in [-0.3, -0.25) is 9.78 Å². The molecule has 0 aliphatic carbocycles. The first-order valence-corrected chi connectivity index (χ1v) is 11.8. The smallest absolute Gasteiger partial charge is 0.155 e. The van der Waals surface area contributed by atoms with Crippen LogP contribution in [0.4, 0.5) is 4.39 Å². The molecule has 0 atom stereocenters. The minimum atomic E-state index is -0.227. The number of carbonyl (C=O) groups is 1. The van der Waals surface area contributed by atoms with E-state index in [-0.39, 0.29) is 42.9 Å². The molecular formula is C31H29FIrNO3-. The van der Waals surface area contributed by atoms with Gasteiger partial charge in [0.05, 0.1) is 17.1 Å². The second kappa shape index (κ2) is 11.0. The maximum atomic E-state index is 13.7. The van der Waals surface area contributed by atoms with E-state index in [9.17, 15) is 9.18 Å². The molecule has 37 heavy (non-hydrogen) atoms. The second-order valence-corrected chi connectivity index (χ2v) is 10.0. The average molecular weight is 675 g/mol. The first kappa shape index (κ1) is 28.2. The van der Waals surface area contributed by atoms with Gasteiger partial charge in [-0.05, 0) is 65.9 Å². The summed E-state index contributed by atoms with van der Waals surface area (Å²) in [5, 5.41) is 13.3. The van der Waals surface area contributed by atoms with Gasteiger partial charge >= 0.3 is 0 Å². The van der Waals surface area contributed by atoms with Crippen LogP contribution in [0, 0.1) is 18.8 Å². The molecule has 2 heterocycles. The third-order valence-electron chi connectivity index (χ3n) is 5.86. The molecule has 0 aliphatic heterocycles. The summed E-state index contributed by atoms with van der Waals surface area (Å²) in [4.78, 5) is 14.7. The van der Waals surface area contributed by atoms with Crippen molar-refractivity contribution in [2.75, 3.05) is 0 Å². The number of rotatable bonds is 2. The number of pyridine rings is 1. The molecule has 0 aliphatic rings. The Kier molecular flexibility index (Phi) is 8.36. The van der Waals surface area contributed by atoms with Gasteiger partial charge < -0.3 is 9.52 Å². The number of carbonyl (C=O) groups excluding carboxylic acids is 1. The fourth-order valence-electron chi connectivity index (χ4n) is 4.36. The van der Waals surface area contributed by atoms with Gasteiger partial charge in [-0.1, -0.05) is 61.5 Å². The van der Waals surface area contributed by atoms with Crippen LogP contribution in [0.1, 0.15) is 45.9 Å². The van der Waals surface area contributed by atoms with Crippen molar-refractivity contribution in [1.29, 1.82) is 0 Å². The van der Waals surface area contributed by atoms with Gasteiger partial charge in [-0.25, -0.2) is 4.39 Å². The summed E-state index contributed by atoms with van der Waals surface area (Å²) in [5.74, 6) is 0.584. The number of allylic oxidation sites excluding steroid dienone is 2. The quantitative estimate of drug-likeness (QED) is 0.0885. The Morgan fingerprint density at radius 1 is 1.03 bits per heavy atom. The molecule has 5 rings (SSSR count). The summed E-state index contributed by atoms with van der Waals surface area (Å²) < 4.78 is 19.6. The molecule has 4 nitrogen and oxygen atoms in total. The third kappa shape index (κ3) is 6.15. The standard InChI is InChI=1S/C26H21FNO.C5H8O2.Ir/c1-15-11-18-12-17(14-23(25(18)29-15)26(2,3)4)24-22-7-5-16-13-19(27)6-8-20(16)21(22)9-10-28-24;1-4(6)3-5(2)7;/h5-11,13-14H,1-4H3;3,6H,1-2H3;/q-1;;/b;4-3-;. The number of hydrogen-bond donors (Lipinski definition) is 1. The first-order chi connectivity index (χ1) is 16.9. The molecule has 0 saturated carbocycles. The van der Waals surface area contributed by atoms with Crippen molar-refractivity contribution in [2.24, 2.45) is 0 Å². The van der Waals surface area contributed by atoms with Crippen LogP contribution in [0.25, 0.3) is 43.8 Å². The van der Waals surface area contributed by atoms with E-state index in [1.54, 1.807) is 6.07 Å². The predicted octanol–water partition coefficient (Wildman–Crippen LogP) is 8.38. The molecule has 1 radical (unpaired) electrons. The Hall–Kier alpha value is -3.34. The molecule has 0 amide bonds. The fraction of sp³-hybridized carbons (Fsp3) is 0.226. The Bertz CT molecular complexity index is 1640. The number of aliphatic hydroxyl groups is 1. The van der Waals surface area contributed by atoms with Crippen LogP contribution < -0.4 is 0 Å². The Labute approximate surface area is 229 Å². The SMILES string of the molecule is CC(=O)/C=C(/C)O.Cc1cc2[c-]c(-c3nccc4c3ccc3cc(F)ccc34)cc(C(C)(C)C)c2o1.[Ir]. The second-order valence-electron chi connectivity index (χ2n) is 10.0. The molecular weight excluding hydrogens is 646 g/mol. The molecule has 0 spiro atoms. The molecule has 193 valence electrons. The number of nitrogens with zero attached hydrogens (tertiary/aromatic N) is 1. The largest absolute Gasteiger partial charge is 0.512 e. The van der Waals surface area contributed by atoms with Gasteiger partial charge in [0.1, 0.15) is 5.82 Å². The number of benzene rings is 3. The van der Waals surface area contributed by atoms with E-state index in [2.05, 4.69) is 32.9 Å². The van der Waals surface area contributed by atoms with Gasteiger partial charge in [0.15, 0.2) is 5.78 Å². The number of furan rings is 1. The van der Waals surface area contributed by atoms with Gasteiger partial charge in [0.25, 0.3) is 0 Å². The summed E-state index contributed by atoms with van der Waals surface area (Å²) in [5.41, 5.74) is 3.76. The van der Waals surface area contributed by atoms with Gasteiger partial charge in [0.2, 0.25) is 0 Å². The van der Waals surface area contributed by atoms with Crippen LogP contribution in [0.15, 0.2) is 71.0 Å². The van der Waals surface area contributed by atoms with Crippen molar-refractivity contribution < 1.29 is 38.8 Å². The number of halogens is 1. The van der Waals surface area contributed by atoms with E-state index < -0.39 is 0 Å². The van der Waals surface area contributed by atoms with Crippen LogP contribution in [0.3, 0.4) is 0 Å². The monoisotopic (exact) mass is 675 g/mol. The number of fused-ring (bicyclic) bond motifs is 4. The molecule has 0 unspecified atom stereocenters. The summed E-state index contributed by atoms with van der Waals surface area (Å²) in [6.45, 7) is 11.4. The molecule has 0 saturated heterocycles. The zero-order chi connectivity index (χ0) is 26.2. The zero-order valence-electron chi connectivity index (χ0n) is 21.7. The summed E-state index contributed by atoms with van der Waals surface area (Å²) >= 11 is 0. The van der Waals surface area contributed by atoms with Crippen molar-refractivity contribution in [1.82, 2.24) is 4.98 Å². The molecule has 3 aromatic carbocycles. The average Bonchev–Trinajstić information content (AvgIpc) is 3.16. The zero-order valence-corrected chi connectivity index (χ0v) is 24.1. The summed E-state index contributed by atoms with van der Waals surface area (Å²) in [7, 11) is 0. The minimum absolute atomic E-state index is 0. The summed E-state index contributed by atoms with van der Waals surface area (Å²) in [6.07, 6.45) is 2.98. The Balaban J connectivity index is 0.000000422. The normalized spacial score (nSPS) is 11.8. The Morgan fingerprint density at radius 2 is 1.73 bits per heavy atom. The molecule has 0 bridgehead atoms. The number of aliphatic hydroxyl groups excluding tert-OH is 1. The van der Waals surface area contributed by atoms with Crippen molar-refractivity contribution in [2.45, 2.75) is 47.0 Å². The molecule has 1 N–H and O–H groups in total. The van der Waals surface area contributed by atoms with E-state index in [1.807, 2.05) is 43.5 Å². The van der Waals surface area contributed by atoms with Gasteiger partial charge in [0, 0.05) is 38.1 Å². The van der Waals surface area contributed by atoms with E-state index >= 15 is 0 Å². The predicted molar refractivity (Wildman–Crippen MR) is 144 cm³/mol. The van der Waals surface area contributed by atoms with E-state index in [0.717, 1.165) is 55.1 Å². The maximum absolute atomic E-state index is 13.7. The van der Waals surface area contributed by atoms with E-state index in [0.29, 0.717) is 0 Å². The van der Waals surface area contributed by atoms with Crippen LogP contribution in [-0.2, 0) is 30.3 Å². The van der Waals surface area contributed by atoms with Crippen LogP contribution in [0.2, 0.25) is 0 Å². The fourth-order valence-corrected chi connectivity index (χ4v) is 4.36. The minimum Gasteiger partial charge on any atom is -0.512 e. The number of hydrogen-bond acceptors (Lipinski definition) is 4. The Morgan fingerprint density at radius 3 is 2.35 bits per heavy atom. The van der Waals surface area contributed by atoms with Crippen LogP contribution in [0.5, 0.6) is 0 Å². The molecule has 6 heteroatoms. The number of aryl methyl sites for hydroxylation is 1. The van der Waals surface area contributed by atoms with Crippen LogP contribution >= 0.6 is 0 Å². The molecule has 5 aromatic rings. The first-order valence-electron chi connectivity index (χ1n) is 11.8.